The maximum atomic E-state index is 11.9. The van der Waals surface area contributed by atoms with Crippen molar-refractivity contribution < 1.29 is 4.79 Å². The lowest BCUT2D eigenvalue weighted by molar-refractivity contribution is -0.117. The fraction of sp³-hybridized carbons (Fsp3) is 0.500. The van der Waals surface area contributed by atoms with Crippen LogP contribution < -0.4 is 11.1 Å². The highest BCUT2D eigenvalue weighted by Crippen LogP contribution is 2.18. The van der Waals surface area contributed by atoms with E-state index in [4.69, 9.17) is 17.3 Å². The lowest BCUT2D eigenvalue weighted by Gasteiger charge is -2.15. The first kappa shape index (κ1) is 13.3. The van der Waals surface area contributed by atoms with Gasteiger partial charge in [-0.25, -0.2) is 4.98 Å². The predicted octanol–water partition coefficient (Wildman–Crippen LogP) is 0.953. The monoisotopic (exact) mass is 268 g/mol. The number of nitrogens with two attached hydrogens (primary N) is 1. The number of hydrogen-bond donors (Lipinski definition) is 2. The molecule has 0 bridgehead atoms. The van der Waals surface area contributed by atoms with Gasteiger partial charge in [-0.15, -0.1) is 0 Å². The summed E-state index contributed by atoms with van der Waals surface area (Å²) in [5, 5.41) is 3.05. The summed E-state index contributed by atoms with van der Waals surface area (Å²) in [6.07, 6.45) is 1.58. The molecule has 1 fully saturated rings. The molecule has 2 rings (SSSR count). The van der Waals surface area contributed by atoms with Gasteiger partial charge in [-0.05, 0) is 18.1 Å². The molecule has 98 valence electrons. The Morgan fingerprint density at radius 1 is 1.67 bits per heavy atom. The molecule has 1 amide bonds. The van der Waals surface area contributed by atoms with E-state index in [0.717, 1.165) is 13.1 Å². The maximum Gasteiger partial charge on any atom is 0.238 e. The zero-order chi connectivity index (χ0) is 13.1. The number of hydrogen-bond acceptors (Lipinski definition) is 4. The number of nitrogens with zero attached hydrogens (tertiary/aromatic N) is 2. The van der Waals surface area contributed by atoms with E-state index >= 15 is 0 Å². The van der Waals surface area contributed by atoms with E-state index in [0.29, 0.717) is 23.3 Å². The third-order valence-corrected chi connectivity index (χ3v) is 3.45. The molecule has 0 aliphatic carbocycles. The third kappa shape index (κ3) is 3.19. The average Bonchev–Trinajstić information content (AvgIpc) is 2.61. The summed E-state index contributed by atoms with van der Waals surface area (Å²) in [6, 6.07) is 3.61. The van der Waals surface area contributed by atoms with Crippen molar-refractivity contribution in [3.05, 3.63) is 23.5 Å². The molecule has 3 N–H and O–H groups in total. The Balaban J connectivity index is 1.88. The molecule has 18 heavy (non-hydrogen) atoms. The fourth-order valence-electron chi connectivity index (χ4n) is 2.10. The van der Waals surface area contributed by atoms with Gasteiger partial charge in [0.1, 0.15) is 0 Å². The van der Waals surface area contributed by atoms with E-state index in [9.17, 15) is 4.79 Å². The molecule has 0 radical (unpaired) electrons. The van der Waals surface area contributed by atoms with E-state index in [2.05, 4.69) is 22.1 Å². The van der Waals surface area contributed by atoms with Gasteiger partial charge in [0, 0.05) is 25.3 Å². The Kier molecular flexibility index (Phi) is 4.16. The van der Waals surface area contributed by atoms with Crippen LogP contribution in [0.4, 0.5) is 5.69 Å². The van der Waals surface area contributed by atoms with E-state index in [1.165, 1.54) is 0 Å². The van der Waals surface area contributed by atoms with Gasteiger partial charge < -0.3 is 11.1 Å². The van der Waals surface area contributed by atoms with Crippen molar-refractivity contribution >= 4 is 23.2 Å². The van der Waals surface area contributed by atoms with Crippen molar-refractivity contribution in [1.29, 1.82) is 0 Å². The summed E-state index contributed by atoms with van der Waals surface area (Å²) in [5.74, 6) is 0.339. The molecule has 1 aliphatic heterocycles. The number of amides is 1. The molecule has 1 aliphatic rings. The van der Waals surface area contributed by atoms with Crippen LogP contribution in [0, 0.1) is 5.92 Å². The van der Waals surface area contributed by atoms with Gasteiger partial charge >= 0.3 is 0 Å². The van der Waals surface area contributed by atoms with Crippen molar-refractivity contribution in [2.24, 2.45) is 11.7 Å². The third-order valence-electron chi connectivity index (χ3n) is 3.15. The van der Waals surface area contributed by atoms with Gasteiger partial charge in [0.15, 0.2) is 5.15 Å². The number of pyridine rings is 1. The minimum Gasteiger partial charge on any atom is -0.326 e. The zero-order valence-electron chi connectivity index (χ0n) is 10.3. The Hall–Kier alpha value is -1.17. The van der Waals surface area contributed by atoms with Crippen molar-refractivity contribution in [3.63, 3.8) is 0 Å². The smallest absolute Gasteiger partial charge is 0.238 e. The van der Waals surface area contributed by atoms with Crippen LogP contribution in [0.3, 0.4) is 0 Å². The van der Waals surface area contributed by atoms with E-state index < -0.39 is 0 Å². The molecule has 0 aromatic carbocycles. The topological polar surface area (TPSA) is 71.2 Å². The summed E-state index contributed by atoms with van der Waals surface area (Å²) in [5.41, 5.74) is 6.46. The van der Waals surface area contributed by atoms with Crippen LogP contribution in [0.5, 0.6) is 0 Å². The quantitative estimate of drug-likeness (QED) is 0.801. The minimum absolute atomic E-state index is 0.0915. The standard InChI is InChI=1S/C12H17ClN4O/c1-8-5-17(6-9(8)14)7-11(18)16-10-3-2-4-15-12(10)13/h2-4,8-9H,5-7,14H2,1H3,(H,16,18). The molecular weight excluding hydrogens is 252 g/mol. The van der Waals surface area contributed by atoms with E-state index in [1.807, 2.05) is 0 Å². The lowest BCUT2D eigenvalue weighted by Crippen LogP contribution is -2.33. The predicted molar refractivity (Wildman–Crippen MR) is 71.5 cm³/mol. The Morgan fingerprint density at radius 2 is 2.44 bits per heavy atom. The molecule has 5 nitrogen and oxygen atoms in total. The van der Waals surface area contributed by atoms with Gasteiger partial charge in [-0.3, -0.25) is 9.69 Å². The summed E-state index contributed by atoms with van der Waals surface area (Å²) in [7, 11) is 0. The molecular formula is C12H17ClN4O. The molecule has 1 saturated heterocycles. The summed E-state index contributed by atoms with van der Waals surface area (Å²) in [4.78, 5) is 17.8. The fourth-order valence-corrected chi connectivity index (χ4v) is 2.26. The molecule has 1 aromatic heterocycles. The first-order chi connectivity index (χ1) is 8.56. The van der Waals surface area contributed by atoms with Crippen molar-refractivity contribution in [2.45, 2.75) is 13.0 Å². The number of carbonyl (C=O) groups is 1. The van der Waals surface area contributed by atoms with Crippen molar-refractivity contribution in [3.8, 4) is 0 Å². The SMILES string of the molecule is CC1CN(CC(=O)Nc2cccnc2Cl)CC1N. The summed E-state index contributed by atoms with van der Waals surface area (Å²) < 4.78 is 0. The second-order valence-corrected chi connectivity index (χ2v) is 5.08. The maximum absolute atomic E-state index is 11.9. The highest BCUT2D eigenvalue weighted by Gasteiger charge is 2.27. The number of carbonyl (C=O) groups excluding carboxylic acids is 1. The van der Waals surface area contributed by atoms with Gasteiger partial charge in [-0.1, -0.05) is 18.5 Å². The molecule has 2 atom stereocenters. The van der Waals surface area contributed by atoms with Crippen LogP contribution in [0.2, 0.25) is 5.15 Å². The van der Waals surface area contributed by atoms with Gasteiger partial charge in [0.25, 0.3) is 0 Å². The number of aromatic nitrogens is 1. The minimum atomic E-state index is -0.0915. The lowest BCUT2D eigenvalue weighted by atomic mass is 10.1. The highest BCUT2D eigenvalue weighted by molar-refractivity contribution is 6.32. The molecule has 2 unspecified atom stereocenters. The van der Waals surface area contributed by atoms with Crippen molar-refractivity contribution in [2.75, 3.05) is 25.0 Å². The highest BCUT2D eigenvalue weighted by atomic mass is 35.5. The number of nitrogens with one attached hydrogen (secondary N) is 1. The number of rotatable bonds is 3. The normalized spacial score (nSPS) is 24.2. The summed E-state index contributed by atoms with van der Waals surface area (Å²) >= 11 is 5.87. The first-order valence-corrected chi connectivity index (χ1v) is 6.32. The van der Waals surface area contributed by atoms with Crippen LogP contribution >= 0.6 is 11.6 Å². The molecule has 2 heterocycles. The first-order valence-electron chi connectivity index (χ1n) is 5.94. The molecule has 0 spiro atoms. The zero-order valence-corrected chi connectivity index (χ0v) is 11.0. The second kappa shape index (κ2) is 5.65. The van der Waals surface area contributed by atoms with Crippen LogP contribution in [0.25, 0.3) is 0 Å². The van der Waals surface area contributed by atoms with Crippen LogP contribution in [0.1, 0.15) is 6.92 Å². The number of halogens is 1. The van der Waals surface area contributed by atoms with Crippen molar-refractivity contribution in [1.82, 2.24) is 9.88 Å². The molecule has 6 heteroatoms. The van der Waals surface area contributed by atoms with Gasteiger partial charge in [0.2, 0.25) is 5.91 Å². The molecule has 0 saturated carbocycles. The van der Waals surface area contributed by atoms with Gasteiger partial charge in [-0.2, -0.15) is 0 Å². The van der Waals surface area contributed by atoms with E-state index in [1.54, 1.807) is 18.3 Å². The van der Waals surface area contributed by atoms with Crippen LogP contribution in [-0.2, 0) is 4.79 Å². The second-order valence-electron chi connectivity index (χ2n) is 4.73. The Morgan fingerprint density at radius 3 is 3.06 bits per heavy atom. The van der Waals surface area contributed by atoms with Crippen LogP contribution in [-0.4, -0.2) is 41.5 Å². The Bertz CT molecular complexity index is 430. The largest absolute Gasteiger partial charge is 0.326 e. The van der Waals surface area contributed by atoms with E-state index in [-0.39, 0.29) is 11.9 Å². The number of anilines is 1. The van der Waals surface area contributed by atoms with Gasteiger partial charge in [0.05, 0.1) is 12.2 Å². The summed E-state index contributed by atoms with van der Waals surface area (Å²) in [6.45, 7) is 4.05. The number of likely N-dealkylation sites (tertiary alicyclic amines) is 1. The average molecular weight is 269 g/mol. The molecule has 1 aromatic rings. The van der Waals surface area contributed by atoms with Crippen LogP contribution in [0.15, 0.2) is 18.3 Å². The Labute approximate surface area is 111 Å².